The lowest BCUT2D eigenvalue weighted by atomic mass is 10.1. The van der Waals surface area contributed by atoms with Gasteiger partial charge in [-0.1, -0.05) is 26.2 Å². The predicted octanol–water partition coefficient (Wildman–Crippen LogP) is 3.21. The Kier molecular flexibility index (Phi) is 8.76. The first-order valence-electron chi connectivity index (χ1n) is 12.6. The number of methoxy groups -OCH3 is 2. The fourth-order valence-electron chi connectivity index (χ4n) is 4.62. The van der Waals surface area contributed by atoms with E-state index in [2.05, 4.69) is 20.7 Å². The van der Waals surface area contributed by atoms with Crippen LogP contribution in [0, 0.1) is 0 Å². The molecule has 2 amide bonds. The van der Waals surface area contributed by atoms with Crippen LogP contribution in [0.15, 0.2) is 41.0 Å². The van der Waals surface area contributed by atoms with E-state index in [1.165, 1.54) is 4.80 Å². The first-order valence-corrected chi connectivity index (χ1v) is 12.6. The van der Waals surface area contributed by atoms with Crippen molar-refractivity contribution in [3.63, 3.8) is 0 Å². The largest absolute Gasteiger partial charge is 0.493 e. The second kappa shape index (κ2) is 12.4. The van der Waals surface area contributed by atoms with Gasteiger partial charge < -0.3 is 24.1 Å². The highest BCUT2D eigenvalue weighted by atomic mass is 16.5. The maximum Gasteiger partial charge on any atom is 0.247 e. The van der Waals surface area contributed by atoms with Crippen LogP contribution in [0.25, 0.3) is 11.4 Å². The molecule has 2 aromatic heterocycles. The molecule has 3 aromatic rings. The lowest BCUT2D eigenvalue weighted by molar-refractivity contribution is -0.143. The maximum atomic E-state index is 13.6. The van der Waals surface area contributed by atoms with Crippen molar-refractivity contribution in [2.75, 3.05) is 14.2 Å². The van der Waals surface area contributed by atoms with Gasteiger partial charge in [0.05, 0.1) is 27.0 Å². The predicted molar refractivity (Wildman–Crippen MR) is 135 cm³/mol. The Morgan fingerprint density at radius 3 is 2.65 bits per heavy atom. The molecule has 1 fully saturated rings. The molecule has 11 heteroatoms. The van der Waals surface area contributed by atoms with Crippen molar-refractivity contribution in [2.24, 2.45) is 0 Å². The molecule has 2 heterocycles. The maximum absolute atomic E-state index is 13.6. The van der Waals surface area contributed by atoms with Gasteiger partial charge >= 0.3 is 0 Å². The number of amides is 2. The summed E-state index contributed by atoms with van der Waals surface area (Å²) in [4.78, 5) is 29.7. The SMILES string of the molecule is CCCC(C(=O)NC1CCCC1)N(Cc1ccco1)C(=O)Cn1nnc(-c2ccc(OC)c(OC)c2)n1. The van der Waals surface area contributed by atoms with Crippen LogP contribution in [0.4, 0.5) is 0 Å². The van der Waals surface area contributed by atoms with Gasteiger partial charge in [-0.05, 0) is 54.8 Å². The van der Waals surface area contributed by atoms with E-state index in [1.807, 2.05) is 6.92 Å². The Morgan fingerprint density at radius 1 is 1.19 bits per heavy atom. The van der Waals surface area contributed by atoms with Crippen molar-refractivity contribution in [3.05, 3.63) is 42.4 Å². The Morgan fingerprint density at radius 2 is 1.97 bits per heavy atom. The highest BCUT2D eigenvalue weighted by Gasteiger charge is 2.32. The minimum Gasteiger partial charge on any atom is -0.493 e. The number of hydrogen-bond acceptors (Lipinski definition) is 8. The minimum atomic E-state index is -0.628. The fraction of sp³-hybridized carbons (Fsp3) is 0.500. The van der Waals surface area contributed by atoms with Crippen molar-refractivity contribution in [1.82, 2.24) is 30.4 Å². The van der Waals surface area contributed by atoms with Crippen LogP contribution in [0.5, 0.6) is 11.5 Å². The Hall–Kier alpha value is -3.89. The normalized spacial score (nSPS) is 14.4. The first-order chi connectivity index (χ1) is 18.0. The average Bonchev–Trinajstić information content (AvgIpc) is 3.69. The molecule has 0 spiro atoms. The third-order valence-corrected chi connectivity index (χ3v) is 6.54. The number of rotatable bonds is 12. The molecule has 1 saturated carbocycles. The molecule has 1 aliphatic carbocycles. The number of aromatic nitrogens is 4. The lowest BCUT2D eigenvalue weighted by Gasteiger charge is -2.31. The van der Waals surface area contributed by atoms with E-state index in [0.29, 0.717) is 35.1 Å². The number of furan rings is 1. The van der Waals surface area contributed by atoms with Crippen molar-refractivity contribution in [3.8, 4) is 22.9 Å². The van der Waals surface area contributed by atoms with E-state index in [4.69, 9.17) is 13.9 Å². The smallest absolute Gasteiger partial charge is 0.247 e. The number of nitrogens with one attached hydrogen (secondary N) is 1. The van der Waals surface area contributed by atoms with Crippen molar-refractivity contribution < 1.29 is 23.5 Å². The molecule has 11 nitrogen and oxygen atoms in total. The molecule has 4 rings (SSSR count). The molecule has 0 saturated heterocycles. The van der Waals surface area contributed by atoms with Gasteiger partial charge in [0.2, 0.25) is 17.6 Å². The van der Waals surface area contributed by atoms with E-state index in [0.717, 1.165) is 32.1 Å². The first kappa shape index (κ1) is 26.2. The standard InChI is InChI=1S/C26H34N6O5/c1-4-8-21(26(34)27-19-9-5-6-10-19)31(16-20-11-7-14-37-20)24(33)17-32-29-25(28-30-32)18-12-13-22(35-2)23(15-18)36-3/h7,11-15,19,21H,4-6,8-10,16-17H2,1-3H3,(H,27,34). The van der Waals surface area contributed by atoms with Crippen LogP contribution in [0.3, 0.4) is 0 Å². The van der Waals surface area contributed by atoms with Crippen molar-refractivity contribution >= 4 is 11.8 Å². The Balaban J connectivity index is 1.53. The van der Waals surface area contributed by atoms with E-state index in [1.54, 1.807) is 55.7 Å². The van der Waals surface area contributed by atoms with Crippen LogP contribution in [-0.4, -0.2) is 63.2 Å². The summed E-state index contributed by atoms with van der Waals surface area (Å²) in [6, 6.07) is 8.38. The molecule has 37 heavy (non-hydrogen) atoms. The van der Waals surface area contributed by atoms with Crippen LogP contribution in [-0.2, 0) is 22.7 Å². The Bertz CT molecular complexity index is 1170. The number of nitrogens with zero attached hydrogens (tertiary/aromatic N) is 5. The Labute approximate surface area is 216 Å². The number of tetrazole rings is 1. The summed E-state index contributed by atoms with van der Waals surface area (Å²) in [5, 5.41) is 15.7. The monoisotopic (exact) mass is 510 g/mol. The molecule has 0 radical (unpaired) electrons. The van der Waals surface area contributed by atoms with Gasteiger partial charge in [0, 0.05) is 11.6 Å². The summed E-state index contributed by atoms with van der Waals surface area (Å²) < 4.78 is 16.1. The summed E-state index contributed by atoms with van der Waals surface area (Å²) in [5.41, 5.74) is 0.670. The van der Waals surface area contributed by atoms with Gasteiger partial charge in [0.25, 0.3) is 0 Å². The van der Waals surface area contributed by atoms with Crippen molar-refractivity contribution in [1.29, 1.82) is 0 Å². The molecule has 1 aliphatic rings. The summed E-state index contributed by atoms with van der Waals surface area (Å²) in [5.74, 6) is 1.63. The van der Waals surface area contributed by atoms with Crippen LogP contribution in [0.1, 0.15) is 51.2 Å². The van der Waals surface area contributed by atoms with Gasteiger partial charge in [0.1, 0.15) is 18.3 Å². The number of carbonyl (C=O) groups excluding carboxylic acids is 2. The second-order valence-corrected chi connectivity index (χ2v) is 9.11. The molecule has 1 unspecified atom stereocenters. The lowest BCUT2D eigenvalue weighted by Crippen LogP contribution is -2.51. The minimum absolute atomic E-state index is 0.133. The number of ether oxygens (including phenoxy) is 2. The van der Waals surface area contributed by atoms with E-state index in [-0.39, 0.29) is 30.9 Å². The van der Waals surface area contributed by atoms with Crippen LogP contribution < -0.4 is 14.8 Å². The summed E-state index contributed by atoms with van der Waals surface area (Å²) in [6.45, 7) is 2.00. The second-order valence-electron chi connectivity index (χ2n) is 9.11. The zero-order valence-corrected chi connectivity index (χ0v) is 21.6. The molecular formula is C26H34N6O5. The molecule has 1 atom stereocenters. The third-order valence-electron chi connectivity index (χ3n) is 6.54. The fourth-order valence-corrected chi connectivity index (χ4v) is 4.62. The number of hydrogen-bond donors (Lipinski definition) is 1. The van der Waals surface area contributed by atoms with Crippen LogP contribution >= 0.6 is 0 Å². The molecule has 198 valence electrons. The molecule has 1 N–H and O–H groups in total. The summed E-state index contributed by atoms with van der Waals surface area (Å²) in [7, 11) is 3.11. The zero-order valence-electron chi connectivity index (χ0n) is 21.6. The third kappa shape index (κ3) is 6.46. The van der Waals surface area contributed by atoms with Crippen LogP contribution in [0.2, 0.25) is 0 Å². The molecule has 0 bridgehead atoms. The summed E-state index contributed by atoms with van der Waals surface area (Å²) >= 11 is 0. The van der Waals surface area contributed by atoms with E-state index in [9.17, 15) is 9.59 Å². The summed E-state index contributed by atoms with van der Waals surface area (Å²) in [6.07, 6.45) is 7.00. The topological polar surface area (TPSA) is 125 Å². The highest BCUT2D eigenvalue weighted by Crippen LogP contribution is 2.30. The van der Waals surface area contributed by atoms with Gasteiger partial charge in [-0.25, -0.2) is 0 Å². The van der Waals surface area contributed by atoms with Gasteiger partial charge in [0.15, 0.2) is 11.5 Å². The highest BCUT2D eigenvalue weighted by molar-refractivity contribution is 5.87. The quantitative estimate of drug-likeness (QED) is 0.394. The van der Waals surface area contributed by atoms with Crippen molar-refractivity contribution in [2.45, 2.75) is 70.6 Å². The number of carbonyl (C=O) groups is 2. The van der Waals surface area contributed by atoms with Gasteiger partial charge in [-0.15, -0.1) is 10.2 Å². The number of benzene rings is 1. The molecular weight excluding hydrogens is 476 g/mol. The zero-order chi connectivity index (χ0) is 26.2. The molecule has 1 aromatic carbocycles. The average molecular weight is 511 g/mol. The van der Waals surface area contributed by atoms with Gasteiger partial charge in [-0.2, -0.15) is 4.80 Å². The van der Waals surface area contributed by atoms with E-state index < -0.39 is 6.04 Å². The van der Waals surface area contributed by atoms with Gasteiger partial charge in [-0.3, -0.25) is 9.59 Å². The molecule has 0 aliphatic heterocycles. The van der Waals surface area contributed by atoms with E-state index >= 15 is 0 Å².